The predicted molar refractivity (Wildman–Crippen MR) is 185 cm³/mol. The van der Waals surface area contributed by atoms with Gasteiger partial charge in [-0.2, -0.15) is 11.8 Å². The molecule has 2 aromatic rings. The lowest BCUT2D eigenvalue weighted by Gasteiger charge is -2.35. The number of ether oxygens (including phenoxy) is 2. The van der Waals surface area contributed by atoms with Crippen molar-refractivity contribution in [3.8, 4) is 0 Å². The minimum atomic E-state index is -1.15. The number of aryl methyl sites for hydroxylation is 2. The first-order valence-corrected chi connectivity index (χ1v) is 16.9. The molecule has 0 radical (unpaired) electrons. The van der Waals surface area contributed by atoms with E-state index < -0.39 is 53.2 Å². The van der Waals surface area contributed by atoms with Crippen LogP contribution in [0, 0.1) is 13.8 Å². The van der Waals surface area contributed by atoms with Gasteiger partial charge in [0.05, 0.1) is 0 Å². The van der Waals surface area contributed by atoms with Gasteiger partial charge in [0, 0.05) is 13.0 Å². The quantitative estimate of drug-likeness (QED) is 0.188. The largest absolute Gasteiger partial charge is 0.458 e. The molecule has 0 bridgehead atoms. The molecule has 2 rings (SSSR count). The number of amides is 3. The zero-order chi connectivity index (χ0) is 34.7. The van der Waals surface area contributed by atoms with Crippen LogP contribution in [-0.2, 0) is 30.3 Å². The fourth-order valence-corrected chi connectivity index (χ4v) is 5.25. The van der Waals surface area contributed by atoms with E-state index in [9.17, 15) is 19.2 Å². The smallest absolute Gasteiger partial charge is 0.408 e. The number of thioether (sulfide) groups is 1. The highest BCUT2D eigenvalue weighted by Crippen LogP contribution is 2.28. The zero-order valence-electron chi connectivity index (χ0n) is 28.8. The molecule has 0 spiro atoms. The third-order valence-corrected chi connectivity index (χ3v) is 7.43. The van der Waals surface area contributed by atoms with Gasteiger partial charge in [-0.1, -0.05) is 60.2 Å². The van der Waals surface area contributed by atoms with E-state index in [0.29, 0.717) is 17.7 Å². The third-order valence-electron chi connectivity index (χ3n) is 6.79. The Labute approximate surface area is 278 Å². The molecule has 252 valence electrons. The maximum atomic E-state index is 14.5. The van der Waals surface area contributed by atoms with Crippen molar-refractivity contribution in [2.24, 2.45) is 0 Å². The van der Waals surface area contributed by atoms with Crippen molar-refractivity contribution in [3.05, 3.63) is 83.4 Å². The van der Waals surface area contributed by atoms with Gasteiger partial charge in [-0.15, -0.1) is 6.58 Å². The lowest BCUT2D eigenvalue weighted by atomic mass is 9.95. The molecule has 0 saturated heterocycles. The van der Waals surface area contributed by atoms with E-state index in [2.05, 4.69) is 17.2 Å². The molecule has 0 heterocycles. The predicted octanol–water partition coefficient (Wildman–Crippen LogP) is 6.07. The van der Waals surface area contributed by atoms with E-state index in [4.69, 9.17) is 9.47 Å². The monoisotopic (exact) mass is 653 g/mol. The van der Waals surface area contributed by atoms with Gasteiger partial charge < -0.3 is 25.0 Å². The first-order valence-electron chi connectivity index (χ1n) is 15.5. The molecular weight excluding hydrogens is 602 g/mol. The number of hydrogen-bond acceptors (Lipinski definition) is 7. The number of benzene rings is 2. The standard InChI is InChI=1S/C36H51N3O6S/c1-11-20-39(32(41)28(19-21-46-10)38-34(43)45-36(7,8)9)30(27-22-24(2)17-18-25(27)3)31(40)37-29(33(42)44-35(4,5)6)23-26-15-13-12-14-16-26/h11-18,22,28-30H,1,19-21,23H2,2-10H3,(H,37,40)(H,38,43). The molecule has 10 heteroatoms. The molecule has 3 atom stereocenters. The van der Waals surface area contributed by atoms with Crippen molar-refractivity contribution in [1.29, 1.82) is 0 Å². The Bertz CT molecular complexity index is 1350. The number of nitrogens with one attached hydrogen (secondary N) is 2. The topological polar surface area (TPSA) is 114 Å². The number of rotatable bonds is 14. The SMILES string of the molecule is C=CCN(C(=O)C(CCSC)NC(=O)OC(C)(C)C)C(C(=O)NC(Cc1ccccc1)C(=O)OC(C)(C)C)c1cc(C)ccc1C. The Morgan fingerprint density at radius 2 is 1.54 bits per heavy atom. The summed E-state index contributed by atoms with van der Waals surface area (Å²) in [5.41, 5.74) is 1.55. The summed E-state index contributed by atoms with van der Waals surface area (Å²) in [6.45, 7) is 18.2. The Morgan fingerprint density at radius 3 is 2.11 bits per heavy atom. The minimum Gasteiger partial charge on any atom is -0.458 e. The van der Waals surface area contributed by atoms with Gasteiger partial charge in [-0.05, 0) is 90.5 Å². The Balaban J connectivity index is 2.63. The maximum Gasteiger partial charge on any atom is 0.408 e. The fraction of sp³-hybridized carbons (Fsp3) is 0.500. The summed E-state index contributed by atoms with van der Waals surface area (Å²) in [6, 6.07) is 11.9. The summed E-state index contributed by atoms with van der Waals surface area (Å²) in [6.07, 6.45) is 3.21. The number of carbonyl (C=O) groups is 4. The van der Waals surface area contributed by atoms with Crippen LogP contribution in [0.3, 0.4) is 0 Å². The van der Waals surface area contributed by atoms with Gasteiger partial charge in [0.25, 0.3) is 0 Å². The van der Waals surface area contributed by atoms with Gasteiger partial charge in [0.2, 0.25) is 11.8 Å². The van der Waals surface area contributed by atoms with Crippen molar-refractivity contribution in [1.82, 2.24) is 15.5 Å². The Kier molecular flexibility index (Phi) is 14.4. The highest BCUT2D eigenvalue weighted by atomic mass is 32.2. The highest BCUT2D eigenvalue weighted by Gasteiger charge is 2.38. The van der Waals surface area contributed by atoms with E-state index >= 15 is 0 Å². The van der Waals surface area contributed by atoms with Crippen molar-refractivity contribution in [2.45, 2.75) is 97.6 Å². The number of nitrogens with zero attached hydrogens (tertiary/aromatic N) is 1. The minimum absolute atomic E-state index is 0.00581. The molecular formula is C36H51N3O6S. The summed E-state index contributed by atoms with van der Waals surface area (Å²) in [7, 11) is 0. The van der Waals surface area contributed by atoms with Crippen LogP contribution in [0.2, 0.25) is 0 Å². The van der Waals surface area contributed by atoms with E-state index in [1.54, 1.807) is 41.5 Å². The lowest BCUT2D eigenvalue weighted by molar-refractivity contribution is -0.159. The molecule has 0 fully saturated rings. The van der Waals surface area contributed by atoms with Crippen LogP contribution in [-0.4, -0.2) is 70.6 Å². The van der Waals surface area contributed by atoms with Crippen LogP contribution in [0.4, 0.5) is 4.79 Å². The van der Waals surface area contributed by atoms with Gasteiger partial charge in [0.1, 0.15) is 29.3 Å². The Morgan fingerprint density at radius 1 is 0.913 bits per heavy atom. The second-order valence-electron chi connectivity index (χ2n) is 13.3. The molecule has 0 aromatic heterocycles. The van der Waals surface area contributed by atoms with Gasteiger partial charge in [-0.25, -0.2) is 9.59 Å². The lowest BCUT2D eigenvalue weighted by Crippen LogP contribution is -2.55. The number of hydrogen-bond donors (Lipinski definition) is 2. The highest BCUT2D eigenvalue weighted by molar-refractivity contribution is 7.98. The zero-order valence-corrected chi connectivity index (χ0v) is 29.6. The molecule has 3 unspecified atom stereocenters. The van der Waals surface area contributed by atoms with Crippen LogP contribution in [0.15, 0.2) is 61.2 Å². The van der Waals surface area contributed by atoms with Gasteiger partial charge in [0.15, 0.2) is 0 Å². The second-order valence-corrected chi connectivity index (χ2v) is 14.3. The molecule has 46 heavy (non-hydrogen) atoms. The first-order chi connectivity index (χ1) is 21.5. The molecule has 3 amide bonds. The fourth-order valence-electron chi connectivity index (χ4n) is 4.78. The van der Waals surface area contributed by atoms with Crippen molar-refractivity contribution in [2.75, 3.05) is 18.6 Å². The van der Waals surface area contributed by atoms with E-state index in [0.717, 1.165) is 16.7 Å². The molecule has 0 aliphatic carbocycles. The van der Waals surface area contributed by atoms with Crippen LogP contribution in [0.25, 0.3) is 0 Å². The van der Waals surface area contributed by atoms with E-state index in [1.165, 1.54) is 22.7 Å². The molecule has 0 aliphatic heterocycles. The summed E-state index contributed by atoms with van der Waals surface area (Å²) in [4.78, 5) is 56.6. The summed E-state index contributed by atoms with van der Waals surface area (Å²) >= 11 is 1.53. The average molecular weight is 654 g/mol. The van der Waals surface area contributed by atoms with E-state index in [1.807, 2.05) is 68.6 Å². The summed E-state index contributed by atoms with van der Waals surface area (Å²) in [5, 5.41) is 5.65. The Hall–Kier alpha value is -3.79. The second kappa shape index (κ2) is 17.2. The normalized spacial score (nSPS) is 13.5. The summed E-state index contributed by atoms with van der Waals surface area (Å²) in [5.74, 6) is -1.04. The van der Waals surface area contributed by atoms with Crippen LogP contribution in [0.1, 0.15) is 76.3 Å². The molecule has 0 aliphatic rings. The number of alkyl carbamates (subject to hydrolysis) is 1. The third kappa shape index (κ3) is 12.5. The summed E-state index contributed by atoms with van der Waals surface area (Å²) < 4.78 is 11.2. The van der Waals surface area contributed by atoms with Crippen molar-refractivity contribution >= 4 is 35.6 Å². The average Bonchev–Trinajstić information content (AvgIpc) is 2.94. The van der Waals surface area contributed by atoms with Crippen LogP contribution in [0.5, 0.6) is 0 Å². The van der Waals surface area contributed by atoms with Crippen molar-refractivity contribution < 1.29 is 28.7 Å². The van der Waals surface area contributed by atoms with Crippen LogP contribution < -0.4 is 10.6 Å². The molecule has 0 saturated carbocycles. The number of carbonyl (C=O) groups excluding carboxylic acids is 4. The van der Waals surface area contributed by atoms with Crippen molar-refractivity contribution in [3.63, 3.8) is 0 Å². The maximum absolute atomic E-state index is 14.5. The van der Waals surface area contributed by atoms with E-state index in [-0.39, 0.29) is 13.0 Å². The van der Waals surface area contributed by atoms with Gasteiger partial charge >= 0.3 is 12.1 Å². The molecule has 9 nitrogen and oxygen atoms in total. The molecule has 2 N–H and O–H groups in total. The number of esters is 1. The van der Waals surface area contributed by atoms with Crippen LogP contribution >= 0.6 is 11.8 Å². The molecule has 2 aromatic carbocycles. The van der Waals surface area contributed by atoms with Gasteiger partial charge in [-0.3, -0.25) is 9.59 Å². The first kappa shape index (κ1) is 38.4.